The molecule has 2 atom stereocenters. The van der Waals surface area contributed by atoms with Crippen LogP contribution in [0.5, 0.6) is 5.75 Å². The van der Waals surface area contributed by atoms with Crippen molar-refractivity contribution in [3.05, 3.63) is 29.8 Å². The number of nitrogens with one attached hydrogen (secondary N) is 1. The SMILES string of the molecule is CC1(C(=O)NCc2ccccc2OC(F)F)CCCC1N. The molecule has 1 aromatic carbocycles. The van der Waals surface area contributed by atoms with E-state index >= 15 is 0 Å². The smallest absolute Gasteiger partial charge is 0.387 e. The van der Waals surface area contributed by atoms with Crippen LogP contribution in [0.1, 0.15) is 31.7 Å². The van der Waals surface area contributed by atoms with Crippen molar-refractivity contribution in [1.29, 1.82) is 0 Å². The van der Waals surface area contributed by atoms with Gasteiger partial charge in [0.15, 0.2) is 0 Å². The summed E-state index contributed by atoms with van der Waals surface area (Å²) in [7, 11) is 0. The maximum Gasteiger partial charge on any atom is 0.387 e. The lowest BCUT2D eigenvalue weighted by molar-refractivity contribution is -0.130. The van der Waals surface area contributed by atoms with Gasteiger partial charge in [-0.2, -0.15) is 8.78 Å². The van der Waals surface area contributed by atoms with Crippen LogP contribution >= 0.6 is 0 Å². The molecule has 1 amide bonds. The highest BCUT2D eigenvalue weighted by Crippen LogP contribution is 2.37. The molecule has 0 spiro atoms. The predicted octanol–water partition coefficient (Wildman–Crippen LogP) is 2.42. The summed E-state index contributed by atoms with van der Waals surface area (Å²) in [4.78, 5) is 12.3. The molecular weight excluding hydrogens is 278 g/mol. The van der Waals surface area contributed by atoms with Crippen molar-refractivity contribution in [2.45, 2.75) is 45.4 Å². The third-order valence-corrected chi connectivity index (χ3v) is 4.18. The number of para-hydroxylation sites is 1. The van der Waals surface area contributed by atoms with Crippen LogP contribution in [0.25, 0.3) is 0 Å². The van der Waals surface area contributed by atoms with Crippen LogP contribution in [0.2, 0.25) is 0 Å². The maximum absolute atomic E-state index is 12.3. The van der Waals surface area contributed by atoms with E-state index in [0.29, 0.717) is 5.56 Å². The summed E-state index contributed by atoms with van der Waals surface area (Å²) in [6, 6.07) is 6.26. The Morgan fingerprint density at radius 2 is 2.24 bits per heavy atom. The number of ether oxygens (including phenoxy) is 1. The third-order valence-electron chi connectivity index (χ3n) is 4.18. The first-order valence-corrected chi connectivity index (χ1v) is 7.00. The number of halogens is 2. The second kappa shape index (κ2) is 6.39. The molecule has 0 aliphatic heterocycles. The van der Waals surface area contributed by atoms with Crippen molar-refractivity contribution >= 4 is 5.91 Å². The van der Waals surface area contributed by atoms with E-state index in [2.05, 4.69) is 10.1 Å². The zero-order chi connectivity index (χ0) is 15.5. The summed E-state index contributed by atoms with van der Waals surface area (Å²) in [5, 5.41) is 2.78. The average molecular weight is 298 g/mol. The average Bonchev–Trinajstić information content (AvgIpc) is 2.78. The Kier molecular flexibility index (Phi) is 4.77. The summed E-state index contributed by atoms with van der Waals surface area (Å²) in [6.07, 6.45) is 2.50. The number of hydrogen-bond donors (Lipinski definition) is 2. The van der Waals surface area contributed by atoms with Crippen LogP contribution in [0, 0.1) is 5.41 Å². The molecule has 0 heterocycles. The Morgan fingerprint density at radius 1 is 1.52 bits per heavy atom. The molecule has 1 aliphatic carbocycles. The van der Waals surface area contributed by atoms with Gasteiger partial charge in [-0.05, 0) is 25.8 Å². The molecule has 2 unspecified atom stereocenters. The van der Waals surface area contributed by atoms with E-state index in [1.165, 1.54) is 6.07 Å². The number of carbonyl (C=O) groups excluding carboxylic acids is 1. The molecule has 21 heavy (non-hydrogen) atoms. The third kappa shape index (κ3) is 3.50. The fraction of sp³-hybridized carbons (Fsp3) is 0.533. The van der Waals surface area contributed by atoms with Crippen LogP contribution in [-0.4, -0.2) is 18.6 Å². The molecule has 0 bridgehead atoms. The molecule has 1 fully saturated rings. The van der Waals surface area contributed by atoms with Gasteiger partial charge < -0.3 is 15.8 Å². The zero-order valence-corrected chi connectivity index (χ0v) is 11.9. The van der Waals surface area contributed by atoms with Gasteiger partial charge in [-0.1, -0.05) is 24.6 Å². The molecule has 0 saturated heterocycles. The Hall–Kier alpha value is -1.69. The number of rotatable bonds is 5. The Bertz CT molecular complexity index is 510. The number of hydrogen-bond acceptors (Lipinski definition) is 3. The van der Waals surface area contributed by atoms with E-state index < -0.39 is 12.0 Å². The first-order chi connectivity index (χ1) is 9.93. The highest BCUT2D eigenvalue weighted by atomic mass is 19.3. The van der Waals surface area contributed by atoms with Crippen LogP contribution in [-0.2, 0) is 11.3 Å². The van der Waals surface area contributed by atoms with Crippen molar-refractivity contribution in [2.24, 2.45) is 11.1 Å². The van der Waals surface area contributed by atoms with Gasteiger partial charge in [0, 0.05) is 18.2 Å². The molecule has 1 aliphatic rings. The minimum absolute atomic E-state index is 0.0775. The van der Waals surface area contributed by atoms with Gasteiger partial charge in [-0.3, -0.25) is 4.79 Å². The summed E-state index contributed by atoms with van der Waals surface area (Å²) in [5.74, 6) is -0.0620. The van der Waals surface area contributed by atoms with Crippen LogP contribution in [0.3, 0.4) is 0 Å². The van der Waals surface area contributed by atoms with Crippen LogP contribution < -0.4 is 15.8 Å². The van der Waals surface area contributed by atoms with Crippen molar-refractivity contribution in [3.63, 3.8) is 0 Å². The van der Waals surface area contributed by atoms with Gasteiger partial charge in [-0.15, -0.1) is 0 Å². The Morgan fingerprint density at radius 3 is 2.86 bits per heavy atom. The normalized spacial score (nSPS) is 25.1. The molecule has 1 saturated carbocycles. The fourth-order valence-corrected chi connectivity index (χ4v) is 2.71. The molecule has 1 aromatic rings. The maximum atomic E-state index is 12.3. The largest absolute Gasteiger partial charge is 0.434 e. The first kappa shape index (κ1) is 15.7. The Balaban J connectivity index is 2.01. The lowest BCUT2D eigenvalue weighted by Crippen LogP contribution is -2.47. The topological polar surface area (TPSA) is 64.3 Å². The second-order valence-corrected chi connectivity index (χ2v) is 5.59. The van der Waals surface area contributed by atoms with Crippen molar-refractivity contribution < 1.29 is 18.3 Å². The Labute approximate surface area is 122 Å². The molecule has 6 heteroatoms. The van der Waals surface area contributed by atoms with E-state index in [1.54, 1.807) is 18.2 Å². The second-order valence-electron chi connectivity index (χ2n) is 5.59. The van der Waals surface area contributed by atoms with E-state index in [4.69, 9.17) is 5.73 Å². The molecule has 4 nitrogen and oxygen atoms in total. The highest BCUT2D eigenvalue weighted by Gasteiger charge is 2.42. The first-order valence-electron chi connectivity index (χ1n) is 7.00. The lowest BCUT2D eigenvalue weighted by Gasteiger charge is -2.27. The minimum atomic E-state index is -2.89. The number of benzene rings is 1. The molecule has 116 valence electrons. The predicted molar refractivity (Wildman–Crippen MR) is 74.9 cm³/mol. The van der Waals surface area contributed by atoms with Crippen molar-refractivity contribution in [1.82, 2.24) is 5.32 Å². The summed E-state index contributed by atoms with van der Waals surface area (Å²) in [6.45, 7) is -0.895. The summed E-state index contributed by atoms with van der Waals surface area (Å²) in [5.41, 5.74) is 5.92. The summed E-state index contributed by atoms with van der Waals surface area (Å²) >= 11 is 0. The van der Waals surface area contributed by atoms with Gasteiger partial charge in [0.05, 0.1) is 5.41 Å². The van der Waals surface area contributed by atoms with Gasteiger partial charge >= 0.3 is 6.61 Å². The minimum Gasteiger partial charge on any atom is -0.434 e. The van der Waals surface area contributed by atoms with E-state index in [1.807, 2.05) is 6.92 Å². The number of carbonyl (C=O) groups is 1. The van der Waals surface area contributed by atoms with Gasteiger partial charge in [0.1, 0.15) is 5.75 Å². The lowest BCUT2D eigenvalue weighted by atomic mass is 9.84. The monoisotopic (exact) mass is 298 g/mol. The molecule has 0 radical (unpaired) electrons. The quantitative estimate of drug-likeness (QED) is 0.877. The van der Waals surface area contributed by atoms with Gasteiger partial charge in [-0.25, -0.2) is 0 Å². The molecule has 2 rings (SSSR count). The molecule has 0 aromatic heterocycles. The molecular formula is C15H20F2N2O2. The number of amides is 1. The van der Waals surface area contributed by atoms with Crippen molar-refractivity contribution in [2.75, 3.05) is 0 Å². The van der Waals surface area contributed by atoms with Crippen LogP contribution in [0.15, 0.2) is 24.3 Å². The molecule has 3 N–H and O–H groups in total. The fourth-order valence-electron chi connectivity index (χ4n) is 2.71. The van der Waals surface area contributed by atoms with Crippen molar-refractivity contribution in [3.8, 4) is 5.75 Å². The summed E-state index contributed by atoms with van der Waals surface area (Å²) < 4.78 is 29.1. The van der Waals surface area contributed by atoms with Crippen LogP contribution in [0.4, 0.5) is 8.78 Å². The number of nitrogens with two attached hydrogens (primary N) is 1. The van der Waals surface area contributed by atoms with E-state index in [9.17, 15) is 13.6 Å². The van der Waals surface area contributed by atoms with Gasteiger partial charge in [0.25, 0.3) is 0 Å². The zero-order valence-electron chi connectivity index (χ0n) is 11.9. The number of alkyl halides is 2. The van der Waals surface area contributed by atoms with E-state index in [-0.39, 0.29) is 24.2 Å². The van der Waals surface area contributed by atoms with E-state index in [0.717, 1.165) is 19.3 Å². The van der Waals surface area contributed by atoms with Gasteiger partial charge in [0.2, 0.25) is 5.91 Å². The highest BCUT2D eigenvalue weighted by molar-refractivity contribution is 5.83. The standard InChI is InChI=1S/C15H20F2N2O2/c1-15(8-4-7-12(15)18)13(20)19-9-10-5-2-3-6-11(10)21-14(16)17/h2-3,5-6,12,14H,4,7-9,18H2,1H3,(H,19,20).